The van der Waals surface area contributed by atoms with Gasteiger partial charge in [-0.3, -0.25) is 4.98 Å². The van der Waals surface area contributed by atoms with Crippen molar-refractivity contribution in [3.63, 3.8) is 0 Å². The zero-order valence-corrected chi connectivity index (χ0v) is 11.6. The monoisotopic (exact) mass is 278 g/mol. The summed E-state index contributed by atoms with van der Waals surface area (Å²) in [6, 6.07) is 8.72. The lowest BCUT2D eigenvalue weighted by Crippen LogP contribution is -2.23. The van der Waals surface area contributed by atoms with E-state index in [-0.39, 0.29) is 5.82 Å². The molecule has 100 valence electrons. The van der Waals surface area contributed by atoms with E-state index >= 15 is 0 Å². The first-order chi connectivity index (χ1) is 9.24. The van der Waals surface area contributed by atoms with Crippen molar-refractivity contribution in [2.45, 2.75) is 19.3 Å². The number of hydrogen-bond donors (Lipinski definition) is 0. The van der Waals surface area contributed by atoms with Crippen LogP contribution in [0.2, 0.25) is 0 Å². The molecule has 0 unspecified atom stereocenters. The number of aromatic nitrogens is 1. The van der Waals surface area contributed by atoms with Crippen molar-refractivity contribution in [2.75, 3.05) is 11.4 Å². The smallest absolute Gasteiger partial charge is 0.123 e. The lowest BCUT2D eigenvalue weighted by Gasteiger charge is -2.25. The Balaban J connectivity index is 2.27. The van der Waals surface area contributed by atoms with E-state index in [1.54, 1.807) is 18.5 Å². The Morgan fingerprint density at radius 1 is 1.21 bits per heavy atom. The quantitative estimate of drug-likeness (QED) is 0.769. The van der Waals surface area contributed by atoms with E-state index in [4.69, 9.17) is 11.6 Å². The van der Waals surface area contributed by atoms with Gasteiger partial charge in [-0.25, -0.2) is 4.39 Å². The van der Waals surface area contributed by atoms with Crippen LogP contribution in [-0.2, 0) is 12.4 Å². The molecule has 0 amide bonds. The zero-order valence-electron chi connectivity index (χ0n) is 10.8. The minimum absolute atomic E-state index is 0.251. The van der Waals surface area contributed by atoms with Crippen molar-refractivity contribution >= 4 is 17.3 Å². The molecule has 0 atom stereocenters. The van der Waals surface area contributed by atoms with Gasteiger partial charge in [0.15, 0.2) is 0 Å². The highest BCUT2D eigenvalue weighted by molar-refractivity contribution is 6.17. The van der Waals surface area contributed by atoms with Gasteiger partial charge < -0.3 is 4.90 Å². The summed E-state index contributed by atoms with van der Waals surface area (Å²) in [7, 11) is 0. The Bertz CT molecular complexity index is 531. The summed E-state index contributed by atoms with van der Waals surface area (Å²) >= 11 is 5.90. The normalized spacial score (nSPS) is 10.5. The van der Waals surface area contributed by atoms with Gasteiger partial charge in [0.1, 0.15) is 5.82 Å². The summed E-state index contributed by atoms with van der Waals surface area (Å²) < 4.78 is 13.2. The fourth-order valence-corrected chi connectivity index (χ4v) is 2.26. The maximum Gasteiger partial charge on any atom is 0.123 e. The van der Waals surface area contributed by atoms with E-state index in [1.807, 2.05) is 12.1 Å². The molecule has 1 aromatic heterocycles. The highest BCUT2D eigenvalue weighted by atomic mass is 35.5. The van der Waals surface area contributed by atoms with Gasteiger partial charge in [-0.15, -0.1) is 11.6 Å². The molecule has 1 heterocycles. The zero-order chi connectivity index (χ0) is 13.7. The molecule has 0 spiro atoms. The van der Waals surface area contributed by atoms with Crippen molar-refractivity contribution in [1.29, 1.82) is 0 Å². The molecular formula is C15H16ClFN2. The standard InChI is InChI=1S/C15H16ClFN2/c1-2-19(11-12-5-7-18-8-6-12)15-4-3-14(17)9-13(15)10-16/h3-9H,2,10-11H2,1H3. The molecule has 4 heteroatoms. The van der Waals surface area contributed by atoms with Crippen molar-refractivity contribution in [2.24, 2.45) is 0 Å². The van der Waals surface area contributed by atoms with E-state index < -0.39 is 0 Å². The number of rotatable bonds is 5. The van der Waals surface area contributed by atoms with Crippen LogP contribution in [0.5, 0.6) is 0 Å². The van der Waals surface area contributed by atoms with Crippen molar-refractivity contribution in [3.05, 3.63) is 59.7 Å². The molecular weight excluding hydrogens is 263 g/mol. The van der Waals surface area contributed by atoms with Crippen LogP contribution in [0.1, 0.15) is 18.1 Å². The van der Waals surface area contributed by atoms with E-state index in [0.29, 0.717) is 5.88 Å². The maximum atomic E-state index is 13.2. The first-order valence-electron chi connectivity index (χ1n) is 6.22. The van der Waals surface area contributed by atoms with E-state index in [2.05, 4.69) is 16.8 Å². The molecule has 2 nitrogen and oxygen atoms in total. The first-order valence-corrected chi connectivity index (χ1v) is 6.76. The highest BCUT2D eigenvalue weighted by Gasteiger charge is 2.10. The van der Waals surface area contributed by atoms with Crippen LogP contribution in [0.15, 0.2) is 42.7 Å². The van der Waals surface area contributed by atoms with Gasteiger partial charge in [-0.2, -0.15) is 0 Å². The second-order valence-corrected chi connectivity index (χ2v) is 4.54. The number of alkyl halides is 1. The molecule has 0 aliphatic rings. The van der Waals surface area contributed by atoms with Crippen LogP contribution >= 0.6 is 11.6 Å². The van der Waals surface area contributed by atoms with E-state index in [1.165, 1.54) is 17.7 Å². The molecule has 0 aliphatic carbocycles. The predicted octanol–water partition coefficient (Wildman–Crippen LogP) is 3.99. The van der Waals surface area contributed by atoms with Crippen LogP contribution < -0.4 is 4.90 Å². The molecule has 2 aromatic rings. The van der Waals surface area contributed by atoms with Gasteiger partial charge in [0, 0.05) is 37.1 Å². The lowest BCUT2D eigenvalue weighted by molar-refractivity contribution is 0.626. The molecule has 1 aromatic carbocycles. The molecule has 0 N–H and O–H groups in total. The van der Waals surface area contributed by atoms with E-state index in [0.717, 1.165) is 24.3 Å². The summed E-state index contributed by atoms with van der Waals surface area (Å²) in [4.78, 5) is 6.18. The average molecular weight is 279 g/mol. The molecule has 19 heavy (non-hydrogen) atoms. The largest absolute Gasteiger partial charge is 0.367 e. The Hall–Kier alpha value is -1.61. The minimum Gasteiger partial charge on any atom is -0.367 e. The second kappa shape index (κ2) is 6.53. The van der Waals surface area contributed by atoms with Gasteiger partial charge >= 0.3 is 0 Å². The average Bonchev–Trinajstić information content (AvgIpc) is 2.46. The Morgan fingerprint density at radius 2 is 1.95 bits per heavy atom. The highest BCUT2D eigenvalue weighted by Crippen LogP contribution is 2.24. The van der Waals surface area contributed by atoms with Crippen LogP contribution in [-0.4, -0.2) is 11.5 Å². The third-order valence-corrected chi connectivity index (χ3v) is 3.32. The molecule has 0 aliphatic heterocycles. The fourth-order valence-electron chi connectivity index (χ4n) is 2.05. The third-order valence-electron chi connectivity index (χ3n) is 3.03. The van der Waals surface area contributed by atoms with Crippen LogP contribution in [0.4, 0.5) is 10.1 Å². The molecule has 0 fully saturated rings. The number of pyridine rings is 1. The van der Waals surface area contributed by atoms with Gasteiger partial charge in [0.25, 0.3) is 0 Å². The van der Waals surface area contributed by atoms with Crippen LogP contribution in [0.3, 0.4) is 0 Å². The van der Waals surface area contributed by atoms with Gasteiger partial charge in [-0.1, -0.05) is 0 Å². The lowest BCUT2D eigenvalue weighted by atomic mass is 10.1. The number of anilines is 1. The number of nitrogens with zero attached hydrogens (tertiary/aromatic N) is 2. The van der Waals surface area contributed by atoms with Gasteiger partial charge in [-0.05, 0) is 48.4 Å². The Labute approximate surface area is 117 Å². The molecule has 0 saturated carbocycles. The fraction of sp³-hybridized carbons (Fsp3) is 0.267. The first kappa shape index (κ1) is 13.8. The van der Waals surface area contributed by atoms with Gasteiger partial charge in [0.05, 0.1) is 0 Å². The topological polar surface area (TPSA) is 16.1 Å². The Morgan fingerprint density at radius 3 is 2.58 bits per heavy atom. The summed E-state index contributed by atoms with van der Waals surface area (Å²) in [5.41, 5.74) is 2.97. The molecule has 0 saturated heterocycles. The SMILES string of the molecule is CCN(Cc1ccncc1)c1ccc(F)cc1CCl. The van der Waals surface area contributed by atoms with Crippen LogP contribution in [0, 0.1) is 5.82 Å². The third kappa shape index (κ3) is 3.44. The second-order valence-electron chi connectivity index (χ2n) is 4.28. The van der Waals surface area contributed by atoms with E-state index in [9.17, 15) is 4.39 Å². The maximum absolute atomic E-state index is 13.2. The van der Waals surface area contributed by atoms with Crippen LogP contribution in [0.25, 0.3) is 0 Å². The summed E-state index contributed by atoms with van der Waals surface area (Å²) in [6.07, 6.45) is 3.55. The van der Waals surface area contributed by atoms with Crippen molar-refractivity contribution in [1.82, 2.24) is 4.98 Å². The van der Waals surface area contributed by atoms with Crippen molar-refractivity contribution in [3.8, 4) is 0 Å². The van der Waals surface area contributed by atoms with Crippen molar-refractivity contribution < 1.29 is 4.39 Å². The minimum atomic E-state index is -0.251. The number of benzene rings is 1. The Kier molecular flexibility index (Phi) is 4.74. The summed E-state index contributed by atoms with van der Waals surface area (Å²) in [5, 5.41) is 0. The molecule has 0 radical (unpaired) electrons. The summed E-state index contributed by atoms with van der Waals surface area (Å²) in [5.74, 6) is 0.0549. The predicted molar refractivity (Wildman–Crippen MR) is 76.9 cm³/mol. The molecule has 0 bridgehead atoms. The summed E-state index contributed by atoms with van der Waals surface area (Å²) in [6.45, 7) is 3.66. The van der Waals surface area contributed by atoms with Gasteiger partial charge in [0.2, 0.25) is 0 Å². The number of halogens is 2. The number of hydrogen-bond acceptors (Lipinski definition) is 2. The molecule has 2 rings (SSSR count).